The van der Waals surface area contributed by atoms with Gasteiger partial charge in [-0.05, 0) is 47.9 Å². The molecule has 126 valence electrons. The lowest BCUT2D eigenvalue weighted by molar-refractivity contribution is -0.129. The molecule has 1 N–H and O–H groups in total. The minimum absolute atomic E-state index is 0.0882. The van der Waals surface area contributed by atoms with Gasteiger partial charge in [-0.15, -0.1) is 0 Å². The molecule has 3 heteroatoms. The minimum Gasteiger partial charge on any atom is -0.392 e. The summed E-state index contributed by atoms with van der Waals surface area (Å²) in [4.78, 5) is 14.6. The van der Waals surface area contributed by atoms with Gasteiger partial charge in [0, 0.05) is 13.1 Å². The molecule has 1 fully saturated rings. The fourth-order valence-electron chi connectivity index (χ4n) is 3.42. The van der Waals surface area contributed by atoms with E-state index in [0.717, 1.165) is 37.1 Å². The van der Waals surface area contributed by atoms with E-state index in [4.69, 9.17) is 5.11 Å². The van der Waals surface area contributed by atoms with Gasteiger partial charge in [-0.1, -0.05) is 48.5 Å². The summed E-state index contributed by atoms with van der Waals surface area (Å²) in [6.07, 6.45) is 2.58. The van der Waals surface area contributed by atoms with Crippen LogP contribution in [0.25, 0.3) is 0 Å². The van der Waals surface area contributed by atoms with Crippen LogP contribution in [0.5, 0.6) is 0 Å². The Morgan fingerprint density at radius 2 is 1.83 bits per heavy atom. The third-order valence-corrected chi connectivity index (χ3v) is 4.97. The molecular formula is C21H25NO2. The first kappa shape index (κ1) is 16.7. The van der Waals surface area contributed by atoms with Crippen molar-refractivity contribution in [2.24, 2.45) is 5.92 Å². The molecule has 0 saturated carbocycles. The third-order valence-electron chi connectivity index (χ3n) is 4.97. The first-order chi connectivity index (χ1) is 11.7. The summed E-state index contributed by atoms with van der Waals surface area (Å²) in [5.41, 5.74) is 4.54. The van der Waals surface area contributed by atoms with Gasteiger partial charge in [0.2, 0.25) is 5.91 Å². The Labute approximate surface area is 143 Å². The van der Waals surface area contributed by atoms with Gasteiger partial charge >= 0.3 is 0 Å². The highest BCUT2D eigenvalue weighted by molar-refractivity contribution is 5.79. The molecule has 1 unspecified atom stereocenters. The number of hydrogen-bond donors (Lipinski definition) is 1. The van der Waals surface area contributed by atoms with E-state index in [9.17, 15) is 4.79 Å². The standard InChI is InChI=1S/C21H25NO2/c1-16-4-2-3-5-20(16)13-21(24)22-11-10-19(14-22)12-17-6-8-18(15-23)9-7-17/h2-9,19,23H,10-15H2,1H3. The maximum absolute atomic E-state index is 12.5. The Kier molecular flexibility index (Phi) is 5.31. The Bertz CT molecular complexity index is 693. The molecule has 0 spiro atoms. The number of benzene rings is 2. The summed E-state index contributed by atoms with van der Waals surface area (Å²) >= 11 is 0. The van der Waals surface area contributed by atoms with Crippen LogP contribution in [0.3, 0.4) is 0 Å². The summed E-state index contributed by atoms with van der Waals surface area (Å²) in [7, 11) is 0. The SMILES string of the molecule is Cc1ccccc1CC(=O)N1CCC(Cc2ccc(CO)cc2)C1. The van der Waals surface area contributed by atoms with E-state index in [2.05, 4.69) is 25.1 Å². The molecular weight excluding hydrogens is 298 g/mol. The van der Waals surface area contributed by atoms with Crippen molar-refractivity contribution in [2.75, 3.05) is 13.1 Å². The topological polar surface area (TPSA) is 40.5 Å². The Morgan fingerprint density at radius 1 is 1.12 bits per heavy atom. The zero-order valence-electron chi connectivity index (χ0n) is 14.2. The first-order valence-electron chi connectivity index (χ1n) is 8.66. The number of nitrogens with zero attached hydrogens (tertiary/aromatic N) is 1. The van der Waals surface area contributed by atoms with Gasteiger partial charge in [0.05, 0.1) is 13.0 Å². The minimum atomic E-state index is 0.0882. The Hall–Kier alpha value is -2.13. The number of likely N-dealkylation sites (tertiary alicyclic amines) is 1. The second-order valence-electron chi connectivity index (χ2n) is 6.78. The van der Waals surface area contributed by atoms with Crippen LogP contribution in [0.4, 0.5) is 0 Å². The van der Waals surface area contributed by atoms with Crippen LogP contribution in [0.1, 0.15) is 28.7 Å². The molecule has 0 aliphatic carbocycles. The van der Waals surface area contributed by atoms with E-state index in [-0.39, 0.29) is 12.5 Å². The fraction of sp³-hybridized carbons (Fsp3) is 0.381. The number of hydrogen-bond acceptors (Lipinski definition) is 2. The molecule has 0 bridgehead atoms. The van der Waals surface area contributed by atoms with Crippen LogP contribution >= 0.6 is 0 Å². The van der Waals surface area contributed by atoms with E-state index in [1.165, 1.54) is 11.1 Å². The number of carbonyl (C=O) groups excluding carboxylic acids is 1. The molecule has 1 atom stereocenters. The van der Waals surface area contributed by atoms with Crippen LogP contribution in [0.15, 0.2) is 48.5 Å². The zero-order chi connectivity index (χ0) is 16.9. The molecule has 1 amide bonds. The zero-order valence-corrected chi connectivity index (χ0v) is 14.2. The van der Waals surface area contributed by atoms with Gasteiger partial charge < -0.3 is 10.0 Å². The summed E-state index contributed by atoms with van der Waals surface area (Å²) in [5.74, 6) is 0.772. The van der Waals surface area contributed by atoms with E-state index >= 15 is 0 Å². The second kappa shape index (κ2) is 7.63. The van der Waals surface area contributed by atoms with Crippen molar-refractivity contribution in [2.45, 2.75) is 32.8 Å². The Balaban J connectivity index is 1.54. The van der Waals surface area contributed by atoms with Crippen molar-refractivity contribution in [1.82, 2.24) is 4.90 Å². The van der Waals surface area contributed by atoms with Crippen molar-refractivity contribution in [1.29, 1.82) is 0 Å². The maximum atomic E-state index is 12.5. The van der Waals surface area contributed by atoms with Crippen LogP contribution in [0.2, 0.25) is 0 Å². The second-order valence-corrected chi connectivity index (χ2v) is 6.78. The first-order valence-corrected chi connectivity index (χ1v) is 8.66. The summed E-state index contributed by atoms with van der Waals surface area (Å²) in [5, 5.41) is 9.10. The number of rotatable bonds is 5. The van der Waals surface area contributed by atoms with E-state index < -0.39 is 0 Å². The molecule has 1 aliphatic heterocycles. The highest BCUT2D eigenvalue weighted by Gasteiger charge is 2.26. The fourth-order valence-corrected chi connectivity index (χ4v) is 3.42. The quantitative estimate of drug-likeness (QED) is 0.918. The number of aliphatic hydroxyl groups is 1. The van der Waals surface area contributed by atoms with Crippen LogP contribution in [0, 0.1) is 12.8 Å². The molecule has 2 aromatic carbocycles. The van der Waals surface area contributed by atoms with Gasteiger partial charge in [0.25, 0.3) is 0 Å². The van der Waals surface area contributed by atoms with Gasteiger partial charge in [-0.25, -0.2) is 0 Å². The van der Waals surface area contributed by atoms with Crippen LogP contribution in [-0.4, -0.2) is 29.0 Å². The summed E-state index contributed by atoms with van der Waals surface area (Å²) < 4.78 is 0. The predicted molar refractivity (Wildman–Crippen MR) is 95.6 cm³/mol. The molecule has 1 heterocycles. The van der Waals surface area contributed by atoms with E-state index in [1.807, 2.05) is 35.2 Å². The molecule has 1 saturated heterocycles. The molecule has 24 heavy (non-hydrogen) atoms. The molecule has 3 rings (SSSR count). The van der Waals surface area contributed by atoms with Gasteiger partial charge in [-0.3, -0.25) is 4.79 Å². The van der Waals surface area contributed by atoms with Gasteiger partial charge in [0.1, 0.15) is 0 Å². The van der Waals surface area contributed by atoms with Crippen molar-refractivity contribution >= 4 is 5.91 Å². The van der Waals surface area contributed by atoms with Gasteiger partial charge in [-0.2, -0.15) is 0 Å². The lowest BCUT2D eigenvalue weighted by Gasteiger charge is -2.17. The molecule has 0 radical (unpaired) electrons. The van der Waals surface area contributed by atoms with E-state index in [0.29, 0.717) is 12.3 Å². The Morgan fingerprint density at radius 3 is 2.54 bits per heavy atom. The average molecular weight is 323 g/mol. The normalized spacial score (nSPS) is 17.2. The number of aliphatic hydroxyl groups excluding tert-OH is 1. The molecule has 0 aromatic heterocycles. The van der Waals surface area contributed by atoms with Crippen molar-refractivity contribution in [3.8, 4) is 0 Å². The monoisotopic (exact) mass is 323 g/mol. The number of aryl methyl sites for hydroxylation is 1. The summed E-state index contributed by atoms with van der Waals surface area (Å²) in [6.45, 7) is 3.87. The largest absolute Gasteiger partial charge is 0.392 e. The lowest BCUT2D eigenvalue weighted by atomic mass is 9.98. The molecule has 1 aliphatic rings. The average Bonchev–Trinajstić information content (AvgIpc) is 3.06. The van der Waals surface area contributed by atoms with Crippen LogP contribution < -0.4 is 0 Å². The molecule has 2 aromatic rings. The number of amides is 1. The number of carbonyl (C=O) groups is 1. The van der Waals surface area contributed by atoms with E-state index in [1.54, 1.807) is 0 Å². The highest BCUT2D eigenvalue weighted by Crippen LogP contribution is 2.22. The van der Waals surface area contributed by atoms with Crippen molar-refractivity contribution in [3.63, 3.8) is 0 Å². The highest BCUT2D eigenvalue weighted by atomic mass is 16.3. The lowest BCUT2D eigenvalue weighted by Crippen LogP contribution is -2.30. The van der Waals surface area contributed by atoms with Crippen molar-refractivity contribution in [3.05, 3.63) is 70.8 Å². The van der Waals surface area contributed by atoms with Crippen LogP contribution in [-0.2, 0) is 24.2 Å². The molecule has 3 nitrogen and oxygen atoms in total. The summed E-state index contributed by atoms with van der Waals surface area (Å²) in [6, 6.07) is 16.2. The third kappa shape index (κ3) is 4.04. The maximum Gasteiger partial charge on any atom is 0.227 e. The predicted octanol–water partition coefficient (Wildman–Crippen LogP) is 3.12. The van der Waals surface area contributed by atoms with Gasteiger partial charge in [0.15, 0.2) is 0 Å². The smallest absolute Gasteiger partial charge is 0.227 e. The van der Waals surface area contributed by atoms with Crippen molar-refractivity contribution < 1.29 is 9.90 Å².